The maximum Gasteiger partial charge on any atom is 0.341 e. The van der Waals surface area contributed by atoms with Gasteiger partial charge in [-0.2, -0.15) is 5.26 Å². The molecule has 0 aliphatic carbocycles. The molecule has 1 heterocycles. The predicted octanol–water partition coefficient (Wildman–Crippen LogP) is 3.42. The van der Waals surface area contributed by atoms with Crippen molar-refractivity contribution in [1.82, 2.24) is 4.57 Å². The Balaban J connectivity index is 3.77. The standard InChI is InChI=1S/C16H25N3O2/c1-10-11(9-17)19(16(5,6)7)13(18-15(2,3)4)12(10)14(20)21-8/h18H,1-8H3. The summed E-state index contributed by atoms with van der Waals surface area (Å²) in [5.74, 6) is 0.203. The topological polar surface area (TPSA) is 67.0 Å². The van der Waals surface area contributed by atoms with E-state index in [0.717, 1.165) is 0 Å². The van der Waals surface area contributed by atoms with Gasteiger partial charge in [-0.15, -0.1) is 0 Å². The highest BCUT2D eigenvalue weighted by Crippen LogP contribution is 2.34. The van der Waals surface area contributed by atoms with Gasteiger partial charge in [0.15, 0.2) is 0 Å². The number of hydrogen-bond acceptors (Lipinski definition) is 4. The molecule has 5 heteroatoms. The fourth-order valence-electron chi connectivity index (χ4n) is 2.32. The lowest BCUT2D eigenvalue weighted by atomic mass is 10.1. The van der Waals surface area contributed by atoms with Crippen molar-refractivity contribution < 1.29 is 9.53 Å². The van der Waals surface area contributed by atoms with Crippen molar-refractivity contribution in [2.24, 2.45) is 0 Å². The zero-order chi connectivity index (χ0) is 16.6. The molecule has 0 unspecified atom stereocenters. The Morgan fingerprint density at radius 1 is 1.24 bits per heavy atom. The molecule has 1 N–H and O–H groups in total. The lowest BCUT2D eigenvalue weighted by Gasteiger charge is -2.30. The molecular weight excluding hydrogens is 266 g/mol. The van der Waals surface area contributed by atoms with E-state index in [4.69, 9.17) is 4.74 Å². The minimum Gasteiger partial charge on any atom is -0.465 e. The van der Waals surface area contributed by atoms with E-state index < -0.39 is 5.97 Å². The number of carbonyl (C=O) groups is 1. The Labute approximate surface area is 126 Å². The Hall–Kier alpha value is -1.96. The molecule has 0 aliphatic rings. The maximum absolute atomic E-state index is 12.2. The van der Waals surface area contributed by atoms with Crippen LogP contribution in [0, 0.1) is 18.3 Å². The molecular formula is C16H25N3O2. The van der Waals surface area contributed by atoms with Gasteiger partial charge < -0.3 is 14.6 Å². The van der Waals surface area contributed by atoms with Gasteiger partial charge in [0.05, 0.1) is 7.11 Å². The molecule has 0 spiro atoms. The van der Waals surface area contributed by atoms with Gasteiger partial charge in [-0.3, -0.25) is 0 Å². The molecule has 5 nitrogen and oxygen atoms in total. The van der Waals surface area contributed by atoms with Crippen LogP contribution in [0.2, 0.25) is 0 Å². The quantitative estimate of drug-likeness (QED) is 0.848. The molecule has 1 aromatic heterocycles. The molecule has 0 saturated heterocycles. The largest absolute Gasteiger partial charge is 0.465 e. The summed E-state index contributed by atoms with van der Waals surface area (Å²) in [6.45, 7) is 13.8. The molecule has 1 aromatic rings. The first-order valence-corrected chi connectivity index (χ1v) is 6.96. The van der Waals surface area contributed by atoms with Gasteiger partial charge in [0.25, 0.3) is 0 Å². The Morgan fingerprint density at radius 3 is 2.10 bits per heavy atom. The smallest absolute Gasteiger partial charge is 0.341 e. The van der Waals surface area contributed by atoms with Gasteiger partial charge in [-0.1, -0.05) is 0 Å². The molecule has 0 amide bonds. The molecule has 1 rings (SSSR count). The van der Waals surface area contributed by atoms with E-state index in [9.17, 15) is 10.1 Å². The number of esters is 1. The van der Waals surface area contributed by atoms with E-state index >= 15 is 0 Å². The number of nitriles is 1. The highest BCUT2D eigenvalue weighted by molar-refractivity contribution is 5.98. The van der Waals surface area contributed by atoms with Crippen molar-refractivity contribution in [3.05, 3.63) is 16.8 Å². The first-order chi connectivity index (χ1) is 9.44. The minimum atomic E-state index is -0.432. The van der Waals surface area contributed by atoms with Gasteiger partial charge in [-0.25, -0.2) is 4.79 Å². The molecule has 0 fully saturated rings. The Bertz CT molecular complexity index is 593. The van der Waals surface area contributed by atoms with Gasteiger partial charge in [0.1, 0.15) is 23.1 Å². The van der Waals surface area contributed by atoms with Crippen molar-refractivity contribution in [2.75, 3.05) is 12.4 Å². The fraction of sp³-hybridized carbons (Fsp3) is 0.625. The second-order valence-corrected chi connectivity index (χ2v) is 7.18. The summed E-state index contributed by atoms with van der Waals surface area (Å²) in [5, 5.41) is 12.8. The van der Waals surface area contributed by atoms with Gasteiger partial charge in [-0.05, 0) is 48.5 Å². The normalized spacial score (nSPS) is 12.0. The van der Waals surface area contributed by atoms with Crippen molar-refractivity contribution in [2.45, 2.75) is 59.5 Å². The lowest BCUT2D eigenvalue weighted by Crippen LogP contribution is -2.32. The van der Waals surface area contributed by atoms with Gasteiger partial charge in [0, 0.05) is 16.6 Å². The molecule has 21 heavy (non-hydrogen) atoms. The summed E-state index contributed by atoms with van der Waals surface area (Å²) in [7, 11) is 1.35. The average molecular weight is 291 g/mol. The molecule has 0 aromatic carbocycles. The van der Waals surface area contributed by atoms with Crippen LogP contribution in [-0.2, 0) is 10.3 Å². The monoisotopic (exact) mass is 291 g/mol. The van der Waals surface area contributed by atoms with Crippen LogP contribution in [-0.4, -0.2) is 23.2 Å². The number of aromatic nitrogens is 1. The van der Waals surface area contributed by atoms with Crippen molar-refractivity contribution in [1.29, 1.82) is 5.26 Å². The summed E-state index contributed by atoms with van der Waals surface area (Å²) in [6, 6.07) is 2.21. The summed E-state index contributed by atoms with van der Waals surface area (Å²) in [6.07, 6.45) is 0. The molecule has 116 valence electrons. The zero-order valence-electron chi connectivity index (χ0n) is 14.2. The van der Waals surface area contributed by atoms with Crippen molar-refractivity contribution in [3.8, 4) is 6.07 Å². The molecule has 0 aliphatic heterocycles. The van der Waals surface area contributed by atoms with Crippen LogP contribution in [0.4, 0.5) is 5.82 Å². The van der Waals surface area contributed by atoms with Crippen LogP contribution in [0.1, 0.15) is 63.2 Å². The number of nitrogens with one attached hydrogen (secondary N) is 1. The average Bonchev–Trinajstić information content (AvgIpc) is 2.58. The number of anilines is 1. The third-order valence-corrected chi connectivity index (χ3v) is 3.07. The Morgan fingerprint density at radius 2 is 1.76 bits per heavy atom. The second-order valence-electron chi connectivity index (χ2n) is 7.18. The second kappa shape index (κ2) is 5.44. The fourth-order valence-corrected chi connectivity index (χ4v) is 2.32. The SMILES string of the molecule is COC(=O)c1c(C)c(C#N)n(C(C)(C)C)c1NC(C)(C)C. The molecule has 0 bridgehead atoms. The predicted molar refractivity (Wildman–Crippen MR) is 83.6 cm³/mol. The molecule has 0 saturated carbocycles. The van der Waals surface area contributed by atoms with E-state index in [1.54, 1.807) is 6.92 Å². The van der Waals surface area contributed by atoms with Crippen molar-refractivity contribution >= 4 is 11.8 Å². The highest BCUT2D eigenvalue weighted by Gasteiger charge is 2.32. The van der Waals surface area contributed by atoms with Gasteiger partial charge in [0.2, 0.25) is 0 Å². The first-order valence-electron chi connectivity index (χ1n) is 6.96. The number of nitrogens with zero attached hydrogens (tertiary/aromatic N) is 2. The summed E-state index contributed by atoms with van der Waals surface area (Å²) < 4.78 is 6.77. The van der Waals surface area contributed by atoms with Crippen LogP contribution < -0.4 is 5.32 Å². The van der Waals surface area contributed by atoms with Crippen LogP contribution in [0.5, 0.6) is 0 Å². The first kappa shape index (κ1) is 17.1. The van der Waals surface area contributed by atoms with E-state index in [-0.39, 0.29) is 11.1 Å². The van der Waals surface area contributed by atoms with Crippen LogP contribution in [0.25, 0.3) is 0 Å². The molecule has 0 radical (unpaired) electrons. The number of hydrogen-bond donors (Lipinski definition) is 1. The summed E-state index contributed by atoms with van der Waals surface area (Å²) in [5.41, 5.74) is 0.971. The van der Waals surface area contributed by atoms with E-state index in [2.05, 4.69) is 11.4 Å². The van der Waals surface area contributed by atoms with E-state index in [1.807, 2.05) is 46.1 Å². The van der Waals surface area contributed by atoms with Crippen LogP contribution in [0.15, 0.2) is 0 Å². The van der Waals surface area contributed by atoms with Crippen LogP contribution in [0.3, 0.4) is 0 Å². The maximum atomic E-state index is 12.2. The molecule has 0 atom stereocenters. The summed E-state index contributed by atoms with van der Waals surface area (Å²) in [4.78, 5) is 12.2. The zero-order valence-corrected chi connectivity index (χ0v) is 14.2. The minimum absolute atomic E-state index is 0.247. The number of ether oxygens (including phenoxy) is 1. The Kier molecular flexibility index (Phi) is 4.43. The van der Waals surface area contributed by atoms with Gasteiger partial charge >= 0.3 is 5.97 Å². The third kappa shape index (κ3) is 3.38. The van der Waals surface area contributed by atoms with Crippen LogP contribution >= 0.6 is 0 Å². The summed E-state index contributed by atoms with van der Waals surface area (Å²) >= 11 is 0. The van der Waals surface area contributed by atoms with E-state index in [0.29, 0.717) is 22.6 Å². The lowest BCUT2D eigenvalue weighted by molar-refractivity contribution is 0.0601. The highest BCUT2D eigenvalue weighted by atomic mass is 16.5. The number of rotatable bonds is 2. The number of methoxy groups -OCH3 is 1. The number of carbonyl (C=O) groups excluding carboxylic acids is 1. The van der Waals surface area contributed by atoms with E-state index in [1.165, 1.54) is 7.11 Å². The third-order valence-electron chi connectivity index (χ3n) is 3.07. The van der Waals surface area contributed by atoms with Crippen molar-refractivity contribution in [3.63, 3.8) is 0 Å².